The quantitative estimate of drug-likeness (QED) is 0.631. The number of unbranched alkanes of at least 4 members (excludes halogenated alkanes) is 1. The molecule has 29 heavy (non-hydrogen) atoms. The van der Waals surface area contributed by atoms with Crippen LogP contribution in [0.2, 0.25) is 0 Å². The van der Waals surface area contributed by atoms with Crippen LogP contribution in [-0.2, 0) is 40.5 Å². The molecule has 0 atom stereocenters. The minimum Gasteiger partial charge on any atom is -0.343 e. The molecule has 3 rings (SSSR count). The van der Waals surface area contributed by atoms with Crippen molar-refractivity contribution in [3.8, 4) is 0 Å². The van der Waals surface area contributed by atoms with Crippen molar-refractivity contribution in [1.29, 1.82) is 0 Å². The molecule has 2 N–H and O–H groups in total. The summed E-state index contributed by atoms with van der Waals surface area (Å²) in [5, 5.41) is 2.85. The first-order valence-electron chi connectivity index (χ1n) is 10.5. The second kappa shape index (κ2) is 9.15. The topological polar surface area (TPSA) is 95.6 Å². The van der Waals surface area contributed by atoms with Gasteiger partial charge in [0.1, 0.15) is 0 Å². The van der Waals surface area contributed by atoms with Crippen LogP contribution in [0.5, 0.6) is 0 Å². The highest BCUT2D eigenvalue weighted by Crippen LogP contribution is 2.38. The third-order valence-electron chi connectivity index (χ3n) is 5.88. The van der Waals surface area contributed by atoms with Crippen molar-refractivity contribution in [2.45, 2.75) is 65.2 Å². The van der Waals surface area contributed by atoms with Crippen LogP contribution >= 0.6 is 0 Å². The second-order valence-electron chi connectivity index (χ2n) is 7.91. The maximum atomic E-state index is 12.5. The van der Waals surface area contributed by atoms with E-state index in [-0.39, 0.29) is 11.7 Å². The van der Waals surface area contributed by atoms with E-state index in [1.54, 1.807) is 4.90 Å². The number of rotatable bonds is 8. The number of hydrogen-bond donors (Lipinski definition) is 2. The van der Waals surface area contributed by atoms with Gasteiger partial charge in [0.05, 0.1) is 5.75 Å². The van der Waals surface area contributed by atoms with Gasteiger partial charge in [-0.25, -0.2) is 17.9 Å². The Hall–Kier alpha value is -2.09. The number of carbonyl (C=O) groups is 2. The zero-order chi connectivity index (χ0) is 21.0. The molecule has 1 aromatic rings. The number of carbonyl (C=O) groups excluding carboxylic acids is 2. The maximum absolute atomic E-state index is 12.5. The molecule has 7 nitrogen and oxygen atoms in total. The predicted molar refractivity (Wildman–Crippen MR) is 114 cm³/mol. The van der Waals surface area contributed by atoms with Crippen LogP contribution in [0.3, 0.4) is 0 Å². The van der Waals surface area contributed by atoms with E-state index in [4.69, 9.17) is 0 Å². The average molecular weight is 422 g/mol. The lowest BCUT2D eigenvalue weighted by Crippen LogP contribution is -2.36. The fraction of sp³-hybridized carbons (Fsp3) is 0.619. The number of urea groups is 1. The molecule has 0 spiro atoms. The van der Waals surface area contributed by atoms with Crippen LogP contribution in [0.15, 0.2) is 6.07 Å². The number of fused-ring (bicyclic) bond motifs is 2. The van der Waals surface area contributed by atoms with Crippen molar-refractivity contribution in [2.75, 3.05) is 24.2 Å². The molecule has 0 radical (unpaired) electrons. The molecule has 0 unspecified atom stereocenters. The number of benzene rings is 1. The molecule has 0 aromatic heterocycles. The van der Waals surface area contributed by atoms with Crippen LogP contribution in [0, 0.1) is 0 Å². The summed E-state index contributed by atoms with van der Waals surface area (Å²) in [6.45, 7) is 4.52. The normalized spacial score (nSPS) is 15.0. The van der Waals surface area contributed by atoms with E-state index in [9.17, 15) is 18.0 Å². The van der Waals surface area contributed by atoms with Gasteiger partial charge in [0.15, 0.2) is 0 Å². The first-order chi connectivity index (χ1) is 13.8. The Morgan fingerprint density at radius 3 is 2.21 bits per heavy atom. The minimum atomic E-state index is -3.72. The summed E-state index contributed by atoms with van der Waals surface area (Å²) in [4.78, 5) is 25.5. The zero-order valence-corrected chi connectivity index (χ0v) is 18.2. The Morgan fingerprint density at radius 1 is 1.03 bits per heavy atom. The lowest BCUT2D eigenvalue weighted by Gasteiger charge is -2.18. The average Bonchev–Trinajstić information content (AvgIpc) is 3.29. The number of hydrogen-bond acceptors (Lipinski definition) is 4. The third kappa shape index (κ3) is 5.29. The number of nitrogens with one attached hydrogen (secondary N) is 2. The van der Waals surface area contributed by atoms with Crippen LogP contribution in [-0.4, -0.2) is 44.1 Å². The molecular weight excluding hydrogens is 390 g/mol. The van der Waals surface area contributed by atoms with E-state index in [1.807, 2.05) is 6.92 Å². The van der Waals surface area contributed by atoms with E-state index in [0.717, 1.165) is 44.2 Å². The van der Waals surface area contributed by atoms with Gasteiger partial charge in [0.2, 0.25) is 15.9 Å². The lowest BCUT2D eigenvalue weighted by atomic mass is 9.99. The molecule has 0 saturated heterocycles. The van der Waals surface area contributed by atoms with Crippen molar-refractivity contribution >= 4 is 27.6 Å². The molecule has 0 saturated carbocycles. The zero-order valence-electron chi connectivity index (χ0n) is 17.3. The van der Waals surface area contributed by atoms with E-state index in [2.05, 4.69) is 16.1 Å². The summed E-state index contributed by atoms with van der Waals surface area (Å²) in [5.41, 5.74) is 5.74. The molecule has 1 aromatic carbocycles. The number of sulfonamides is 1. The molecular formula is C21H31N3O4S. The van der Waals surface area contributed by atoms with Crippen molar-refractivity contribution in [2.24, 2.45) is 0 Å². The summed E-state index contributed by atoms with van der Waals surface area (Å²) in [7, 11) is -3.72. The predicted octanol–water partition coefficient (Wildman–Crippen LogP) is 2.76. The molecule has 0 bridgehead atoms. The highest BCUT2D eigenvalue weighted by atomic mass is 32.2. The maximum Gasteiger partial charge on any atom is 0.332 e. The number of aryl methyl sites for hydroxylation is 2. The molecule has 3 amide bonds. The summed E-state index contributed by atoms with van der Waals surface area (Å²) in [6, 6.07) is 1.59. The van der Waals surface area contributed by atoms with Crippen molar-refractivity contribution in [3.05, 3.63) is 28.3 Å². The van der Waals surface area contributed by atoms with Gasteiger partial charge in [0.25, 0.3) is 0 Å². The fourth-order valence-electron chi connectivity index (χ4n) is 4.43. The van der Waals surface area contributed by atoms with Crippen molar-refractivity contribution < 1.29 is 18.0 Å². The summed E-state index contributed by atoms with van der Waals surface area (Å²) in [6.07, 6.45) is 7.00. The molecule has 2 aliphatic carbocycles. The standard InChI is InChI=1S/C21H31N3O4S/c1-3-24(15(2)25)12-4-5-13-29(27,28)23-21(26)22-20-18-10-6-8-16(18)14-17-9-7-11-19(17)20/h14H,3-13H2,1-2H3,(H2,22,23,26). The first-order valence-corrected chi connectivity index (χ1v) is 12.2. The summed E-state index contributed by atoms with van der Waals surface area (Å²) in [5.74, 6) is -0.156. The van der Waals surface area contributed by atoms with Gasteiger partial charge in [0, 0.05) is 25.7 Å². The van der Waals surface area contributed by atoms with E-state index in [0.29, 0.717) is 25.9 Å². The van der Waals surface area contributed by atoms with Crippen LogP contribution in [0.4, 0.5) is 10.5 Å². The number of anilines is 1. The van der Waals surface area contributed by atoms with Gasteiger partial charge in [-0.05, 0) is 80.5 Å². The highest BCUT2D eigenvalue weighted by Gasteiger charge is 2.25. The smallest absolute Gasteiger partial charge is 0.332 e. The summed E-state index contributed by atoms with van der Waals surface area (Å²) < 4.78 is 26.7. The second-order valence-corrected chi connectivity index (χ2v) is 9.76. The van der Waals surface area contributed by atoms with Gasteiger partial charge in [-0.2, -0.15) is 0 Å². The van der Waals surface area contributed by atoms with Gasteiger partial charge < -0.3 is 10.2 Å². The van der Waals surface area contributed by atoms with Crippen molar-refractivity contribution in [3.63, 3.8) is 0 Å². The first kappa shape index (κ1) is 21.6. The van der Waals surface area contributed by atoms with Crippen LogP contribution in [0.25, 0.3) is 0 Å². The van der Waals surface area contributed by atoms with Crippen molar-refractivity contribution in [1.82, 2.24) is 9.62 Å². The number of amides is 3. The highest BCUT2D eigenvalue weighted by molar-refractivity contribution is 7.90. The van der Waals surface area contributed by atoms with Gasteiger partial charge in [-0.15, -0.1) is 0 Å². The van der Waals surface area contributed by atoms with Crippen LogP contribution < -0.4 is 10.0 Å². The Morgan fingerprint density at radius 2 is 1.66 bits per heavy atom. The largest absolute Gasteiger partial charge is 0.343 e. The molecule has 0 heterocycles. The minimum absolute atomic E-state index is 0.0178. The number of nitrogens with zero attached hydrogens (tertiary/aromatic N) is 1. The van der Waals surface area contributed by atoms with E-state index in [1.165, 1.54) is 29.2 Å². The molecule has 2 aliphatic rings. The Balaban J connectivity index is 1.56. The molecule has 0 aliphatic heterocycles. The third-order valence-corrected chi connectivity index (χ3v) is 7.20. The SMILES string of the molecule is CCN(CCCCS(=O)(=O)NC(=O)Nc1c2c(cc3c1CCC3)CCC2)C(C)=O. The Bertz CT molecular complexity index is 863. The van der Waals surface area contributed by atoms with Gasteiger partial charge in [-0.1, -0.05) is 6.07 Å². The van der Waals surface area contributed by atoms with Gasteiger partial charge in [-0.3, -0.25) is 4.79 Å². The van der Waals surface area contributed by atoms with E-state index >= 15 is 0 Å². The Labute approximate surface area is 173 Å². The molecule has 8 heteroatoms. The monoisotopic (exact) mass is 421 g/mol. The molecule has 160 valence electrons. The fourth-order valence-corrected chi connectivity index (χ4v) is 5.45. The Kier molecular flexibility index (Phi) is 6.82. The summed E-state index contributed by atoms with van der Waals surface area (Å²) >= 11 is 0. The van der Waals surface area contributed by atoms with Crippen LogP contribution in [0.1, 0.15) is 61.8 Å². The van der Waals surface area contributed by atoms with E-state index < -0.39 is 16.1 Å². The molecule has 0 fully saturated rings. The van der Waals surface area contributed by atoms with Gasteiger partial charge >= 0.3 is 6.03 Å². The lowest BCUT2D eigenvalue weighted by molar-refractivity contribution is -0.128.